The van der Waals surface area contributed by atoms with Crippen LogP contribution in [0.3, 0.4) is 0 Å². The lowest BCUT2D eigenvalue weighted by Gasteiger charge is -2.18. The van der Waals surface area contributed by atoms with E-state index in [1.807, 2.05) is 0 Å². The number of unbranched alkanes of at least 4 members (excludes halogenated alkanes) is 7. The highest BCUT2D eigenvalue weighted by Crippen LogP contribution is 2.25. The third kappa shape index (κ3) is 16.0. The molecular formula is C17H33F3O. The maximum atomic E-state index is 12.3. The van der Waals surface area contributed by atoms with Crippen LogP contribution in [0.2, 0.25) is 0 Å². The fraction of sp³-hybridized carbons (Fsp3) is 1.00. The lowest BCUT2D eigenvalue weighted by atomic mass is 10.0. The van der Waals surface area contributed by atoms with E-state index >= 15 is 0 Å². The van der Waals surface area contributed by atoms with Crippen LogP contribution in [0.25, 0.3) is 0 Å². The maximum Gasteiger partial charge on any atom is 0.389 e. The van der Waals surface area contributed by atoms with Gasteiger partial charge in [0.05, 0.1) is 6.10 Å². The molecule has 0 rings (SSSR count). The summed E-state index contributed by atoms with van der Waals surface area (Å²) in [5, 5.41) is 0. The van der Waals surface area contributed by atoms with Crippen molar-refractivity contribution in [2.24, 2.45) is 0 Å². The molecule has 0 fully saturated rings. The minimum absolute atomic E-state index is 0.114. The van der Waals surface area contributed by atoms with Gasteiger partial charge in [-0.15, -0.1) is 0 Å². The molecule has 0 saturated carbocycles. The first kappa shape index (κ1) is 20.8. The number of halogens is 3. The van der Waals surface area contributed by atoms with Crippen molar-refractivity contribution in [2.45, 2.75) is 103 Å². The molecule has 0 N–H and O–H groups in total. The van der Waals surface area contributed by atoms with Gasteiger partial charge in [-0.05, 0) is 19.3 Å². The van der Waals surface area contributed by atoms with Gasteiger partial charge in [0.1, 0.15) is 0 Å². The van der Waals surface area contributed by atoms with Gasteiger partial charge in [0.25, 0.3) is 0 Å². The molecule has 1 atom stereocenters. The Hall–Kier alpha value is -0.250. The van der Waals surface area contributed by atoms with E-state index < -0.39 is 12.6 Å². The second-order valence-electron chi connectivity index (χ2n) is 5.91. The molecule has 4 heteroatoms. The van der Waals surface area contributed by atoms with Gasteiger partial charge in [-0.25, -0.2) is 0 Å². The molecule has 0 aromatic rings. The van der Waals surface area contributed by atoms with E-state index in [1.165, 1.54) is 32.1 Å². The molecule has 0 aliphatic carbocycles. The first-order valence-electron chi connectivity index (χ1n) is 8.68. The van der Waals surface area contributed by atoms with Gasteiger partial charge >= 0.3 is 6.18 Å². The van der Waals surface area contributed by atoms with Gasteiger partial charge in [-0.3, -0.25) is 0 Å². The molecule has 0 aromatic heterocycles. The third-order valence-electron chi connectivity index (χ3n) is 3.73. The lowest BCUT2D eigenvalue weighted by Crippen LogP contribution is -2.18. The Morgan fingerprint density at radius 3 is 1.90 bits per heavy atom. The minimum atomic E-state index is -4.06. The molecule has 0 aliphatic heterocycles. The Bertz CT molecular complexity index is 217. The summed E-state index contributed by atoms with van der Waals surface area (Å²) in [5.41, 5.74) is 0. The summed E-state index contributed by atoms with van der Waals surface area (Å²) in [6.45, 7) is 4.85. The zero-order chi connectivity index (χ0) is 16.0. The van der Waals surface area contributed by atoms with E-state index in [4.69, 9.17) is 4.74 Å². The second-order valence-corrected chi connectivity index (χ2v) is 5.91. The smallest absolute Gasteiger partial charge is 0.378 e. The molecule has 128 valence electrons. The van der Waals surface area contributed by atoms with Crippen molar-refractivity contribution < 1.29 is 17.9 Å². The molecule has 0 aromatic carbocycles. The summed E-state index contributed by atoms with van der Waals surface area (Å²) in [6.07, 6.45) is 6.18. The SMILES string of the molecule is CCCCCCCCCC(CCC(F)(F)F)OCCCC. The van der Waals surface area contributed by atoms with Crippen LogP contribution in [-0.2, 0) is 4.74 Å². The molecule has 0 saturated heterocycles. The normalized spacial score (nSPS) is 13.6. The van der Waals surface area contributed by atoms with Crippen LogP contribution in [0.5, 0.6) is 0 Å². The molecule has 0 spiro atoms. The zero-order valence-corrected chi connectivity index (χ0v) is 13.8. The van der Waals surface area contributed by atoms with Crippen molar-refractivity contribution in [1.82, 2.24) is 0 Å². The number of rotatable bonds is 14. The first-order chi connectivity index (χ1) is 9.99. The van der Waals surface area contributed by atoms with Crippen LogP contribution in [-0.4, -0.2) is 18.9 Å². The van der Waals surface area contributed by atoms with Gasteiger partial charge in [0, 0.05) is 13.0 Å². The molecule has 1 nitrogen and oxygen atoms in total. The van der Waals surface area contributed by atoms with Crippen molar-refractivity contribution in [3.8, 4) is 0 Å². The number of alkyl halides is 3. The van der Waals surface area contributed by atoms with E-state index in [1.54, 1.807) is 0 Å². The average molecular weight is 310 g/mol. The van der Waals surface area contributed by atoms with E-state index in [0.717, 1.165) is 32.1 Å². The number of hydrogen-bond acceptors (Lipinski definition) is 1. The highest BCUT2D eigenvalue weighted by molar-refractivity contribution is 4.63. The summed E-state index contributed by atoms with van der Waals surface area (Å²) in [6, 6.07) is 0. The van der Waals surface area contributed by atoms with Crippen molar-refractivity contribution in [3.63, 3.8) is 0 Å². The fourth-order valence-electron chi connectivity index (χ4n) is 2.36. The Labute approximate surface area is 128 Å². The van der Waals surface area contributed by atoms with Crippen molar-refractivity contribution in [1.29, 1.82) is 0 Å². The van der Waals surface area contributed by atoms with Crippen molar-refractivity contribution >= 4 is 0 Å². The van der Waals surface area contributed by atoms with Crippen LogP contribution in [0.15, 0.2) is 0 Å². The summed E-state index contributed by atoms with van der Waals surface area (Å²) in [7, 11) is 0. The largest absolute Gasteiger partial charge is 0.389 e. The van der Waals surface area contributed by atoms with Gasteiger partial charge in [0.15, 0.2) is 0 Å². The van der Waals surface area contributed by atoms with Crippen LogP contribution in [0.1, 0.15) is 90.9 Å². The Morgan fingerprint density at radius 1 is 0.762 bits per heavy atom. The summed E-state index contributed by atoms with van der Waals surface area (Å²) in [5.74, 6) is 0. The molecule has 0 aliphatic rings. The lowest BCUT2D eigenvalue weighted by molar-refractivity contribution is -0.142. The van der Waals surface area contributed by atoms with Gasteiger partial charge in [-0.1, -0.05) is 65.2 Å². The summed E-state index contributed by atoms with van der Waals surface area (Å²) in [4.78, 5) is 0. The Kier molecular flexibility index (Phi) is 13.3. The van der Waals surface area contributed by atoms with Crippen molar-refractivity contribution in [2.75, 3.05) is 6.61 Å². The standard InChI is InChI=1S/C17H33F3O/c1-3-5-7-8-9-10-11-12-16(21-15-6-4-2)13-14-17(18,19)20/h16H,3-15H2,1-2H3. The quantitative estimate of drug-likeness (QED) is 0.326. The minimum Gasteiger partial charge on any atom is -0.378 e. The Balaban J connectivity index is 3.76. The summed E-state index contributed by atoms with van der Waals surface area (Å²) >= 11 is 0. The predicted molar refractivity (Wildman–Crippen MR) is 82.5 cm³/mol. The molecular weight excluding hydrogens is 277 g/mol. The molecule has 21 heavy (non-hydrogen) atoms. The highest BCUT2D eigenvalue weighted by atomic mass is 19.4. The topological polar surface area (TPSA) is 9.23 Å². The predicted octanol–water partition coefficient (Wildman–Crippen LogP) is 6.65. The zero-order valence-electron chi connectivity index (χ0n) is 13.8. The van der Waals surface area contributed by atoms with Crippen molar-refractivity contribution in [3.05, 3.63) is 0 Å². The van der Waals surface area contributed by atoms with E-state index in [-0.39, 0.29) is 12.5 Å². The van der Waals surface area contributed by atoms with E-state index in [9.17, 15) is 13.2 Å². The van der Waals surface area contributed by atoms with Crippen LogP contribution >= 0.6 is 0 Å². The van der Waals surface area contributed by atoms with E-state index in [2.05, 4.69) is 13.8 Å². The number of ether oxygens (including phenoxy) is 1. The average Bonchev–Trinajstić information content (AvgIpc) is 2.42. The monoisotopic (exact) mass is 310 g/mol. The fourth-order valence-corrected chi connectivity index (χ4v) is 2.36. The van der Waals surface area contributed by atoms with Gasteiger partial charge in [-0.2, -0.15) is 13.2 Å². The van der Waals surface area contributed by atoms with Gasteiger partial charge < -0.3 is 4.74 Å². The van der Waals surface area contributed by atoms with Crippen LogP contribution in [0, 0.1) is 0 Å². The van der Waals surface area contributed by atoms with E-state index in [0.29, 0.717) is 6.61 Å². The molecule has 0 heterocycles. The molecule has 1 unspecified atom stereocenters. The Morgan fingerprint density at radius 2 is 1.33 bits per heavy atom. The van der Waals surface area contributed by atoms with Crippen LogP contribution < -0.4 is 0 Å². The molecule has 0 amide bonds. The molecule has 0 radical (unpaired) electrons. The van der Waals surface area contributed by atoms with Gasteiger partial charge in [0.2, 0.25) is 0 Å². The summed E-state index contributed by atoms with van der Waals surface area (Å²) < 4.78 is 42.6. The number of hydrogen-bond donors (Lipinski definition) is 0. The second kappa shape index (κ2) is 13.4. The first-order valence-corrected chi connectivity index (χ1v) is 8.68. The molecule has 0 bridgehead atoms. The third-order valence-corrected chi connectivity index (χ3v) is 3.73. The maximum absolute atomic E-state index is 12.3. The highest BCUT2D eigenvalue weighted by Gasteiger charge is 2.28. The van der Waals surface area contributed by atoms with Crippen LogP contribution in [0.4, 0.5) is 13.2 Å².